The molecule has 1 aromatic rings. The highest BCUT2D eigenvalue weighted by atomic mass is 16.5. The van der Waals surface area contributed by atoms with Gasteiger partial charge in [-0.1, -0.05) is 6.92 Å². The molecule has 0 bridgehead atoms. The van der Waals surface area contributed by atoms with Crippen LogP contribution in [0.4, 0.5) is 0 Å². The van der Waals surface area contributed by atoms with Crippen molar-refractivity contribution in [2.75, 3.05) is 40.5 Å². The molecular formula is C16H26N2O3. The first-order chi connectivity index (χ1) is 10.2. The molecule has 1 aromatic carbocycles. The fourth-order valence-corrected chi connectivity index (χ4v) is 2.97. The number of benzene rings is 1. The summed E-state index contributed by atoms with van der Waals surface area (Å²) in [6, 6.07) is 6.38. The molecule has 0 radical (unpaired) electrons. The summed E-state index contributed by atoms with van der Waals surface area (Å²) in [5.41, 5.74) is 7.17. The van der Waals surface area contributed by atoms with Crippen molar-refractivity contribution >= 4 is 0 Å². The highest BCUT2D eigenvalue weighted by molar-refractivity contribution is 5.42. The van der Waals surface area contributed by atoms with E-state index in [1.165, 1.54) is 0 Å². The largest absolute Gasteiger partial charge is 0.497 e. The number of ether oxygens (including phenoxy) is 3. The van der Waals surface area contributed by atoms with E-state index in [1.54, 1.807) is 14.2 Å². The Bertz CT molecular complexity index is 453. The first-order valence-electron chi connectivity index (χ1n) is 7.50. The van der Waals surface area contributed by atoms with Gasteiger partial charge in [0.1, 0.15) is 11.5 Å². The van der Waals surface area contributed by atoms with Crippen LogP contribution in [0.5, 0.6) is 11.5 Å². The Kier molecular flexibility index (Phi) is 5.85. The Hall–Kier alpha value is -1.30. The quantitative estimate of drug-likeness (QED) is 0.867. The maximum absolute atomic E-state index is 6.09. The second kappa shape index (κ2) is 7.64. The van der Waals surface area contributed by atoms with E-state index in [-0.39, 0.29) is 6.04 Å². The average molecular weight is 294 g/mol. The van der Waals surface area contributed by atoms with Crippen LogP contribution in [-0.4, -0.2) is 51.5 Å². The molecule has 1 saturated heterocycles. The second-order valence-electron chi connectivity index (χ2n) is 5.23. The van der Waals surface area contributed by atoms with Crippen molar-refractivity contribution in [2.24, 2.45) is 5.73 Å². The summed E-state index contributed by atoms with van der Waals surface area (Å²) in [7, 11) is 3.36. The summed E-state index contributed by atoms with van der Waals surface area (Å²) in [6.07, 6.45) is 1.04. The average Bonchev–Trinajstić information content (AvgIpc) is 2.55. The Morgan fingerprint density at radius 2 is 2.19 bits per heavy atom. The predicted molar refractivity (Wildman–Crippen MR) is 82.9 cm³/mol. The molecular weight excluding hydrogens is 268 g/mol. The lowest BCUT2D eigenvalue weighted by Crippen LogP contribution is -2.48. The van der Waals surface area contributed by atoms with Crippen molar-refractivity contribution in [3.8, 4) is 11.5 Å². The Labute approximate surface area is 127 Å². The van der Waals surface area contributed by atoms with Gasteiger partial charge in [-0.3, -0.25) is 4.90 Å². The summed E-state index contributed by atoms with van der Waals surface area (Å²) in [6.45, 7) is 5.13. The van der Waals surface area contributed by atoms with Crippen molar-refractivity contribution < 1.29 is 14.2 Å². The zero-order valence-electron chi connectivity index (χ0n) is 13.2. The van der Waals surface area contributed by atoms with Gasteiger partial charge in [0, 0.05) is 24.7 Å². The number of rotatable bonds is 6. The zero-order chi connectivity index (χ0) is 15.2. The Morgan fingerprint density at radius 1 is 1.38 bits per heavy atom. The van der Waals surface area contributed by atoms with Crippen molar-refractivity contribution in [3.05, 3.63) is 23.8 Å². The molecule has 1 fully saturated rings. The van der Waals surface area contributed by atoms with Crippen LogP contribution in [0.1, 0.15) is 24.9 Å². The van der Waals surface area contributed by atoms with E-state index in [4.69, 9.17) is 19.9 Å². The molecule has 2 atom stereocenters. The van der Waals surface area contributed by atoms with Crippen LogP contribution in [0.3, 0.4) is 0 Å². The van der Waals surface area contributed by atoms with Gasteiger partial charge in [0.05, 0.1) is 33.5 Å². The van der Waals surface area contributed by atoms with Gasteiger partial charge in [-0.25, -0.2) is 0 Å². The molecule has 0 amide bonds. The number of hydrogen-bond acceptors (Lipinski definition) is 5. The van der Waals surface area contributed by atoms with E-state index >= 15 is 0 Å². The molecule has 5 heteroatoms. The van der Waals surface area contributed by atoms with Gasteiger partial charge >= 0.3 is 0 Å². The van der Waals surface area contributed by atoms with Crippen LogP contribution in [0.25, 0.3) is 0 Å². The molecule has 0 aliphatic carbocycles. The molecule has 0 aromatic heterocycles. The fourth-order valence-electron chi connectivity index (χ4n) is 2.97. The number of methoxy groups -OCH3 is 2. The molecule has 1 aliphatic rings. The van der Waals surface area contributed by atoms with Crippen LogP contribution >= 0.6 is 0 Å². The van der Waals surface area contributed by atoms with E-state index in [1.807, 2.05) is 18.2 Å². The number of hydrogen-bond donors (Lipinski definition) is 1. The minimum absolute atomic E-state index is 0.115. The first kappa shape index (κ1) is 16.1. The number of morpholine rings is 1. The third kappa shape index (κ3) is 3.48. The lowest BCUT2D eigenvalue weighted by Gasteiger charge is -2.40. The summed E-state index contributed by atoms with van der Waals surface area (Å²) < 4.78 is 16.5. The number of nitrogens with two attached hydrogens (primary N) is 1. The van der Waals surface area contributed by atoms with Crippen LogP contribution in [-0.2, 0) is 4.74 Å². The maximum atomic E-state index is 6.09. The molecule has 118 valence electrons. The minimum atomic E-state index is 0.115. The van der Waals surface area contributed by atoms with Crippen molar-refractivity contribution in [1.29, 1.82) is 0 Å². The summed E-state index contributed by atoms with van der Waals surface area (Å²) in [5.74, 6) is 1.68. The van der Waals surface area contributed by atoms with Crippen molar-refractivity contribution in [1.82, 2.24) is 4.90 Å². The van der Waals surface area contributed by atoms with Gasteiger partial charge in [-0.05, 0) is 24.6 Å². The Balaban J connectivity index is 2.35. The topological polar surface area (TPSA) is 57.0 Å². The van der Waals surface area contributed by atoms with Crippen LogP contribution < -0.4 is 15.2 Å². The second-order valence-corrected chi connectivity index (χ2v) is 5.23. The highest BCUT2D eigenvalue weighted by Crippen LogP contribution is 2.34. The summed E-state index contributed by atoms with van der Waals surface area (Å²) >= 11 is 0. The molecule has 2 rings (SSSR count). The Morgan fingerprint density at radius 3 is 2.81 bits per heavy atom. The van der Waals surface area contributed by atoms with E-state index in [2.05, 4.69) is 11.8 Å². The molecule has 0 saturated carbocycles. The zero-order valence-corrected chi connectivity index (χ0v) is 13.2. The van der Waals surface area contributed by atoms with Crippen LogP contribution in [0.2, 0.25) is 0 Å². The monoisotopic (exact) mass is 294 g/mol. The minimum Gasteiger partial charge on any atom is -0.497 e. The predicted octanol–water partition coefficient (Wildman–Crippen LogP) is 1.81. The lowest BCUT2D eigenvalue weighted by molar-refractivity contribution is -0.0294. The van der Waals surface area contributed by atoms with Crippen molar-refractivity contribution in [3.63, 3.8) is 0 Å². The molecule has 2 N–H and O–H groups in total. The van der Waals surface area contributed by atoms with Gasteiger partial charge in [0.15, 0.2) is 0 Å². The smallest absolute Gasteiger partial charge is 0.123 e. The third-order valence-corrected chi connectivity index (χ3v) is 4.16. The number of nitrogens with zero attached hydrogens (tertiary/aromatic N) is 1. The third-order valence-electron chi connectivity index (χ3n) is 4.16. The summed E-state index contributed by atoms with van der Waals surface area (Å²) in [4.78, 5) is 2.43. The van der Waals surface area contributed by atoms with Gasteiger partial charge in [-0.15, -0.1) is 0 Å². The normalized spacial score (nSPS) is 21.0. The standard InChI is InChI=1S/C16H26N2O3/c1-4-12-11-21-8-7-18(12)15(10-17)14-9-13(19-2)5-6-16(14)20-3/h5-6,9,12,15H,4,7-8,10-11,17H2,1-3H3. The van der Waals surface area contributed by atoms with Gasteiger partial charge in [0.25, 0.3) is 0 Å². The van der Waals surface area contributed by atoms with Gasteiger partial charge in [-0.2, -0.15) is 0 Å². The van der Waals surface area contributed by atoms with E-state index in [0.29, 0.717) is 12.6 Å². The molecule has 1 heterocycles. The first-order valence-corrected chi connectivity index (χ1v) is 7.50. The van der Waals surface area contributed by atoms with E-state index in [0.717, 1.165) is 43.2 Å². The highest BCUT2D eigenvalue weighted by Gasteiger charge is 2.30. The molecule has 0 spiro atoms. The van der Waals surface area contributed by atoms with Gasteiger partial charge in [0.2, 0.25) is 0 Å². The van der Waals surface area contributed by atoms with Gasteiger partial charge < -0.3 is 19.9 Å². The van der Waals surface area contributed by atoms with Crippen LogP contribution in [0, 0.1) is 0 Å². The molecule has 21 heavy (non-hydrogen) atoms. The van der Waals surface area contributed by atoms with Crippen molar-refractivity contribution in [2.45, 2.75) is 25.4 Å². The molecule has 2 unspecified atom stereocenters. The molecule has 1 aliphatic heterocycles. The lowest BCUT2D eigenvalue weighted by atomic mass is 10.00. The van der Waals surface area contributed by atoms with E-state index < -0.39 is 0 Å². The summed E-state index contributed by atoms with van der Waals surface area (Å²) in [5, 5.41) is 0. The molecule has 5 nitrogen and oxygen atoms in total. The van der Waals surface area contributed by atoms with E-state index in [9.17, 15) is 0 Å². The van der Waals surface area contributed by atoms with Crippen LogP contribution in [0.15, 0.2) is 18.2 Å². The SMILES string of the molecule is CCC1COCCN1C(CN)c1cc(OC)ccc1OC. The maximum Gasteiger partial charge on any atom is 0.123 e. The fraction of sp³-hybridized carbons (Fsp3) is 0.625.